The molecule has 0 spiro atoms. The number of benzene rings is 1. The van der Waals surface area contributed by atoms with Gasteiger partial charge in [0.15, 0.2) is 11.5 Å². The van der Waals surface area contributed by atoms with E-state index in [1.165, 1.54) is 5.06 Å². The average molecular weight is 265 g/mol. The molecule has 0 radical (unpaired) electrons. The molecule has 6 heteroatoms. The van der Waals surface area contributed by atoms with Crippen molar-refractivity contribution in [3.05, 3.63) is 40.6 Å². The lowest BCUT2D eigenvalue weighted by Crippen LogP contribution is -2.37. The summed E-state index contributed by atoms with van der Waals surface area (Å²) in [4.78, 5) is 17.6. The maximum Gasteiger partial charge on any atom is 0.206 e. The van der Waals surface area contributed by atoms with Gasteiger partial charge in [0.05, 0.1) is 5.56 Å². The van der Waals surface area contributed by atoms with Crippen molar-refractivity contribution < 1.29 is 14.2 Å². The van der Waals surface area contributed by atoms with E-state index in [0.717, 1.165) is 0 Å². The molecule has 0 aliphatic carbocycles. The number of carbonyl (C=O) groups excluding carboxylic acids is 1. The van der Waals surface area contributed by atoms with Crippen molar-refractivity contribution in [2.24, 2.45) is 0 Å². The summed E-state index contributed by atoms with van der Waals surface area (Å²) in [5.74, 6) is 1.50. The number of rotatable bonds is 1. The molecule has 3 rings (SSSR count). The molecule has 1 aromatic carbocycles. The first kappa shape index (κ1) is 11.1. The monoisotopic (exact) mass is 264 g/mol. The van der Waals surface area contributed by atoms with Crippen LogP contribution >= 0.6 is 11.6 Å². The van der Waals surface area contributed by atoms with E-state index < -0.39 is 0 Å². The van der Waals surface area contributed by atoms with Crippen LogP contribution in [-0.2, 0) is 0 Å². The molecule has 1 aliphatic rings. The summed E-state index contributed by atoms with van der Waals surface area (Å²) in [7, 11) is 0. The lowest BCUT2D eigenvalue weighted by atomic mass is 10.1. The number of nitrogens with zero attached hydrogens (tertiary/aromatic N) is 2. The molecule has 0 amide bonds. The SMILES string of the molecule is Cc1cc(N2CC(=O)c3ccc(Cl)cc3O2)no1. The van der Waals surface area contributed by atoms with Crippen LogP contribution in [0.4, 0.5) is 5.82 Å². The summed E-state index contributed by atoms with van der Waals surface area (Å²) in [5.41, 5.74) is 0.524. The molecule has 5 nitrogen and oxygen atoms in total. The van der Waals surface area contributed by atoms with Crippen LogP contribution in [-0.4, -0.2) is 17.5 Å². The zero-order chi connectivity index (χ0) is 12.7. The number of aryl methyl sites for hydroxylation is 1. The fourth-order valence-corrected chi connectivity index (χ4v) is 1.93. The second kappa shape index (κ2) is 4.03. The summed E-state index contributed by atoms with van der Waals surface area (Å²) >= 11 is 5.88. The van der Waals surface area contributed by atoms with Gasteiger partial charge in [0.25, 0.3) is 0 Å². The highest BCUT2D eigenvalue weighted by Gasteiger charge is 2.27. The van der Waals surface area contributed by atoms with E-state index in [0.29, 0.717) is 27.9 Å². The van der Waals surface area contributed by atoms with E-state index in [2.05, 4.69) is 5.16 Å². The number of fused-ring (bicyclic) bond motifs is 1. The molecule has 0 saturated heterocycles. The highest BCUT2D eigenvalue weighted by molar-refractivity contribution is 6.31. The highest BCUT2D eigenvalue weighted by Crippen LogP contribution is 2.30. The Morgan fingerprint density at radius 2 is 2.22 bits per heavy atom. The molecular weight excluding hydrogens is 256 g/mol. The Labute approximate surface area is 108 Å². The number of Topliss-reactive ketones (excluding diaryl/α,β-unsaturated/α-hetero) is 1. The predicted octanol–water partition coefficient (Wildman–Crippen LogP) is 2.63. The number of ketones is 1. The van der Waals surface area contributed by atoms with Crippen LogP contribution in [0.15, 0.2) is 28.8 Å². The van der Waals surface area contributed by atoms with Gasteiger partial charge in [0.1, 0.15) is 12.3 Å². The first-order valence-electron chi connectivity index (χ1n) is 5.35. The van der Waals surface area contributed by atoms with E-state index >= 15 is 0 Å². The van der Waals surface area contributed by atoms with Crippen molar-refractivity contribution in [3.63, 3.8) is 0 Å². The number of aromatic nitrogens is 1. The molecule has 0 unspecified atom stereocenters. The summed E-state index contributed by atoms with van der Waals surface area (Å²) in [5, 5.41) is 5.71. The van der Waals surface area contributed by atoms with Crippen molar-refractivity contribution >= 4 is 23.2 Å². The van der Waals surface area contributed by atoms with Gasteiger partial charge in [-0.25, -0.2) is 0 Å². The van der Waals surface area contributed by atoms with E-state index in [-0.39, 0.29) is 12.3 Å². The molecule has 1 aliphatic heterocycles. The standard InChI is InChI=1S/C12H9ClN2O3/c1-7-4-12(14-17-7)15-6-10(16)9-3-2-8(13)5-11(9)18-15/h2-5H,6H2,1H3. The minimum Gasteiger partial charge on any atom is -0.377 e. The highest BCUT2D eigenvalue weighted by atomic mass is 35.5. The van der Waals surface area contributed by atoms with Crippen LogP contribution in [0.5, 0.6) is 5.75 Å². The Morgan fingerprint density at radius 3 is 2.94 bits per heavy atom. The number of halogens is 1. The number of hydrogen-bond acceptors (Lipinski definition) is 5. The van der Waals surface area contributed by atoms with Gasteiger partial charge in [-0.2, -0.15) is 5.06 Å². The third-order valence-electron chi connectivity index (χ3n) is 2.61. The first-order chi connectivity index (χ1) is 8.63. The molecule has 0 atom stereocenters. The quantitative estimate of drug-likeness (QED) is 0.792. The Hall–Kier alpha value is -2.01. The molecule has 0 saturated carbocycles. The number of anilines is 1. The first-order valence-corrected chi connectivity index (χ1v) is 5.73. The van der Waals surface area contributed by atoms with Crippen LogP contribution in [0.25, 0.3) is 0 Å². The van der Waals surface area contributed by atoms with E-state index in [9.17, 15) is 4.79 Å². The molecule has 0 N–H and O–H groups in total. The van der Waals surface area contributed by atoms with Crippen LogP contribution in [0.2, 0.25) is 5.02 Å². The fourth-order valence-electron chi connectivity index (χ4n) is 1.77. The van der Waals surface area contributed by atoms with Crippen molar-refractivity contribution in [3.8, 4) is 5.75 Å². The third-order valence-corrected chi connectivity index (χ3v) is 2.85. The second-order valence-electron chi connectivity index (χ2n) is 3.99. The van der Waals surface area contributed by atoms with Crippen LogP contribution in [0.3, 0.4) is 0 Å². The van der Waals surface area contributed by atoms with Crippen molar-refractivity contribution in [1.29, 1.82) is 0 Å². The maximum atomic E-state index is 12.0. The van der Waals surface area contributed by atoms with E-state index in [1.54, 1.807) is 31.2 Å². The molecule has 92 valence electrons. The van der Waals surface area contributed by atoms with Crippen molar-refractivity contribution in [2.45, 2.75) is 6.92 Å². The molecule has 1 aromatic heterocycles. The summed E-state index contributed by atoms with van der Waals surface area (Å²) in [6.07, 6.45) is 0. The van der Waals surface area contributed by atoms with Crippen molar-refractivity contribution in [2.75, 3.05) is 11.6 Å². The van der Waals surface area contributed by atoms with Gasteiger partial charge in [-0.3, -0.25) is 4.79 Å². The smallest absolute Gasteiger partial charge is 0.206 e. The van der Waals surface area contributed by atoms with Crippen LogP contribution in [0, 0.1) is 6.92 Å². The minimum absolute atomic E-state index is 0.0476. The zero-order valence-electron chi connectivity index (χ0n) is 9.51. The summed E-state index contributed by atoms with van der Waals surface area (Å²) in [6.45, 7) is 1.87. The topological polar surface area (TPSA) is 55.6 Å². The minimum atomic E-state index is -0.0476. The maximum absolute atomic E-state index is 12.0. The molecule has 2 aromatic rings. The van der Waals surface area contributed by atoms with Crippen LogP contribution in [0.1, 0.15) is 16.1 Å². The van der Waals surface area contributed by atoms with Gasteiger partial charge >= 0.3 is 0 Å². The van der Waals surface area contributed by atoms with Crippen LogP contribution < -0.4 is 9.90 Å². The predicted molar refractivity (Wildman–Crippen MR) is 65.0 cm³/mol. The van der Waals surface area contributed by atoms with Gasteiger partial charge in [-0.1, -0.05) is 16.8 Å². The second-order valence-corrected chi connectivity index (χ2v) is 4.42. The molecular formula is C12H9ClN2O3. The number of carbonyl (C=O) groups is 1. The van der Waals surface area contributed by atoms with Gasteiger partial charge in [-0.05, 0) is 19.1 Å². The average Bonchev–Trinajstić information content (AvgIpc) is 2.75. The summed E-state index contributed by atoms with van der Waals surface area (Å²) in [6, 6.07) is 6.62. The Bertz CT molecular complexity index is 624. The lowest BCUT2D eigenvalue weighted by Gasteiger charge is -2.26. The Morgan fingerprint density at radius 1 is 1.39 bits per heavy atom. The molecule has 2 heterocycles. The zero-order valence-corrected chi connectivity index (χ0v) is 10.3. The Kier molecular flexibility index (Phi) is 2.48. The van der Waals surface area contributed by atoms with Gasteiger partial charge in [0.2, 0.25) is 5.82 Å². The third kappa shape index (κ3) is 1.82. The normalized spacial score (nSPS) is 14.3. The number of hydrogen-bond donors (Lipinski definition) is 0. The Balaban J connectivity index is 1.98. The summed E-state index contributed by atoms with van der Waals surface area (Å²) < 4.78 is 4.96. The van der Waals surface area contributed by atoms with Gasteiger partial charge in [0, 0.05) is 17.2 Å². The van der Waals surface area contributed by atoms with Gasteiger partial charge < -0.3 is 9.36 Å². The van der Waals surface area contributed by atoms with E-state index in [4.69, 9.17) is 21.0 Å². The van der Waals surface area contributed by atoms with Gasteiger partial charge in [-0.15, -0.1) is 0 Å². The lowest BCUT2D eigenvalue weighted by molar-refractivity contribution is 0.0940. The molecule has 0 bridgehead atoms. The number of hydroxylamine groups is 1. The largest absolute Gasteiger partial charge is 0.377 e. The van der Waals surface area contributed by atoms with Crippen molar-refractivity contribution in [1.82, 2.24) is 5.16 Å². The molecule has 18 heavy (non-hydrogen) atoms. The van der Waals surface area contributed by atoms with E-state index in [1.807, 2.05) is 0 Å². The molecule has 0 fully saturated rings. The fraction of sp³-hybridized carbons (Fsp3) is 0.167.